The number of thiazole rings is 1. The molecular formula is C13H12N5NaO5S2. The average molecular weight is 405 g/mol. The maximum absolute atomic E-state index is 12.5. The monoisotopic (exact) mass is 405 g/mol. The maximum atomic E-state index is 12.5. The molecule has 0 spiro atoms. The molecule has 0 bridgehead atoms. The van der Waals surface area contributed by atoms with Gasteiger partial charge in [-0.05, 0) is 0 Å². The number of rotatable bonds is 5. The summed E-state index contributed by atoms with van der Waals surface area (Å²) in [7, 11) is 1.29. The normalized spacial score (nSPS) is 21.3. The number of hydrogen-bond donors (Lipinski definition) is 1. The van der Waals surface area contributed by atoms with Crippen molar-refractivity contribution in [3.05, 3.63) is 17.2 Å². The number of aromatic nitrogens is 1. The molecule has 2 N–H and O–H groups in total. The number of anilines is 2. The van der Waals surface area contributed by atoms with Crippen molar-refractivity contribution in [2.24, 2.45) is 5.16 Å². The van der Waals surface area contributed by atoms with E-state index < -0.39 is 29.2 Å². The number of thioether (sulfide) groups is 1. The van der Waals surface area contributed by atoms with Crippen molar-refractivity contribution in [2.75, 3.05) is 23.5 Å². The first-order valence-corrected chi connectivity index (χ1v) is 8.83. The Labute approximate surface area is 178 Å². The number of aliphatic carboxylic acids is 1. The minimum atomic E-state index is -1.32. The van der Waals surface area contributed by atoms with E-state index in [4.69, 9.17) is 5.73 Å². The molecule has 132 valence electrons. The fraction of sp³-hybridized carbons (Fsp3) is 0.308. The molecule has 2 aliphatic rings. The number of nitrogen functional groups attached to an aromatic ring is 1. The second-order valence-corrected chi connectivity index (χ2v) is 7.00. The van der Waals surface area contributed by atoms with Gasteiger partial charge in [0.2, 0.25) is 0 Å². The quantitative estimate of drug-likeness (QED) is 0.224. The van der Waals surface area contributed by atoms with Crippen LogP contribution < -0.4 is 45.3 Å². The van der Waals surface area contributed by atoms with Gasteiger partial charge in [-0.25, -0.2) is 4.98 Å². The Morgan fingerprint density at radius 2 is 2.31 bits per heavy atom. The molecule has 13 heteroatoms. The van der Waals surface area contributed by atoms with Crippen LogP contribution in [-0.4, -0.2) is 58.2 Å². The number of hydrogen-bond acceptors (Lipinski definition) is 10. The summed E-state index contributed by atoms with van der Waals surface area (Å²) >= 11 is 2.35. The minimum Gasteiger partial charge on any atom is -0.545 e. The SMILES string of the molecule is CON=CC(=O)N(c1csc(N)n1)C1C(=O)N2C=C(C(=O)[O-])CS[C@H]12.[Na+]. The first kappa shape index (κ1) is 20.7. The number of β-lactam (4-membered cyclic amide) rings is 1. The Morgan fingerprint density at radius 3 is 2.88 bits per heavy atom. The number of carboxylic acid groups (broad SMARTS) is 1. The van der Waals surface area contributed by atoms with Crippen LogP contribution in [0.15, 0.2) is 22.3 Å². The molecule has 1 unspecified atom stereocenters. The van der Waals surface area contributed by atoms with Crippen molar-refractivity contribution >= 4 is 58.0 Å². The van der Waals surface area contributed by atoms with Gasteiger partial charge in [-0.15, -0.1) is 23.1 Å². The van der Waals surface area contributed by atoms with Gasteiger partial charge in [0.15, 0.2) is 5.13 Å². The van der Waals surface area contributed by atoms with Gasteiger partial charge >= 0.3 is 29.6 Å². The van der Waals surface area contributed by atoms with E-state index >= 15 is 0 Å². The van der Waals surface area contributed by atoms with Gasteiger partial charge in [0, 0.05) is 22.9 Å². The Bertz CT molecular complexity index is 798. The summed E-state index contributed by atoms with van der Waals surface area (Å²) in [5.41, 5.74) is 5.64. The van der Waals surface area contributed by atoms with E-state index in [0.717, 1.165) is 17.6 Å². The number of carbonyl (C=O) groups excluding carboxylic acids is 3. The molecule has 1 saturated heterocycles. The van der Waals surface area contributed by atoms with E-state index in [1.54, 1.807) is 5.38 Å². The fourth-order valence-corrected chi connectivity index (χ4v) is 4.28. The third kappa shape index (κ3) is 3.74. The van der Waals surface area contributed by atoms with Gasteiger partial charge in [-0.2, -0.15) is 0 Å². The van der Waals surface area contributed by atoms with Crippen molar-refractivity contribution in [3.8, 4) is 0 Å². The first-order chi connectivity index (χ1) is 11.9. The predicted octanol–water partition coefficient (Wildman–Crippen LogP) is -4.39. The summed E-state index contributed by atoms with van der Waals surface area (Å²) < 4.78 is 0. The molecule has 1 aromatic heterocycles. The summed E-state index contributed by atoms with van der Waals surface area (Å²) in [6.45, 7) is 0. The molecule has 26 heavy (non-hydrogen) atoms. The minimum absolute atomic E-state index is 0. The number of fused-ring (bicyclic) bond motifs is 1. The molecule has 0 aromatic carbocycles. The molecule has 0 aliphatic carbocycles. The summed E-state index contributed by atoms with van der Waals surface area (Å²) in [6.07, 6.45) is 2.18. The van der Waals surface area contributed by atoms with Crippen LogP contribution in [0.2, 0.25) is 0 Å². The number of nitrogens with two attached hydrogens (primary N) is 1. The Kier molecular flexibility index (Phi) is 6.69. The molecule has 1 fully saturated rings. The third-order valence-corrected chi connectivity index (χ3v) is 5.52. The van der Waals surface area contributed by atoms with Gasteiger partial charge in [0.05, 0.1) is 5.97 Å². The predicted molar refractivity (Wildman–Crippen MR) is 89.5 cm³/mol. The topological polar surface area (TPSA) is 141 Å². The van der Waals surface area contributed by atoms with E-state index in [0.29, 0.717) is 0 Å². The number of nitrogens with zero attached hydrogens (tertiary/aromatic N) is 4. The Balaban J connectivity index is 0.00000243. The van der Waals surface area contributed by atoms with Crippen molar-refractivity contribution in [1.82, 2.24) is 9.88 Å². The van der Waals surface area contributed by atoms with Crippen LogP contribution in [0, 0.1) is 0 Å². The molecule has 2 amide bonds. The average Bonchev–Trinajstić information content (AvgIpc) is 3.02. The number of carboxylic acids is 1. The van der Waals surface area contributed by atoms with Crippen molar-refractivity contribution in [2.45, 2.75) is 11.4 Å². The van der Waals surface area contributed by atoms with E-state index in [1.165, 1.54) is 34.9 Å². The second-order valence-electron chi connectivity index (χ2n) is 5.00. The third-order valence-electron chi connectivity index (χ3n) is 3.56. The largest absolute Gasteiger partial charge is 1.00 e. The number of oxime groups is 1. The molecule has 3 heterocycles. The molecule has 0 saturated carbocycles. The van der Waals surface area contributed by atoms with E-state index in [9.17, 15) is 19.5 Å². The van der Waals surface area contributed by atoms with Gasteiger partial charge < -0.3 is 25.4 Å². The van der Waals surface area contributed by atoms with Gasteiger partial charge in [0.1, 0.15) is 30.6 Å². The van der Waals surface area contributed by atoms with Crippen molar-refractivity contribution < 1.29 is 53.9 Å². The summed E-state index contributed by atoms with van der Waals surface area (Å²) in [5, 5.41) is 15.8. The summed E-state index contributed by atoms with van der Waals surface area (Å²) in [4.78, 5) is 46.9. The first-order valence-electron chi connectivity index (χ1n) is 6.90. The molecule has 2 aliphatic heterocycles. The number of carbonyl (C=O) groups is 3. The Morgan fingerprint density at radius 1 is 1.58 bits per heavy atom. The standard InChI is InChI=1S/C13H13N5O5S2.Na/c1-23-15-2-8(19)18(7-5-25-13(14)16-7)9-10(20)17-3-6(12(21)22)4-24-11(9)17;/h2-3,5,9,11H,4H2,1H3,(H2,14,16)(H,21,22);/q;+1/p-1/t9?,11-;/m1./s1. The Hall–Kier alpha value is -1.60. The van der Waals surface area contributed by atoms with Crippen LogP contribution in [0.25, 0.3) is 0 Å². The van der Waals surface area contributed by atoms with E-state index in [2.05, 4.69) is 15.0 Å². The molecule has 1 aromatic rings. The smallest absolute Gasteiger partial charge is 0.545 e. The second kappa shape index (κ2) is 8.39. The zero-order chi connectivity index (χ0) is 18.1. The fourth-order valence-electron chi connectivity index (χ4n) is 2.45. The van der Waals surface area contributed by atoms with Crippen LogP contribution in [0.1, 0.15) is 0 Å². The molecule has 2 atom stereocenters. The van der Waals surface area contributed by atoms with Crippen LogP contribution in [-0.2, 0) is 19.2 Å². The van der Waals surface area contributed by atoms with Crippen LogP contribution in [0.3, 0.4) is 0 Å². The summed E-state index contributed by atoms with van der Waals surface area (Å²) in [6, 6.07) is -0.845. The maximum Gasteiger partial charge on any atom is 1.00 e. The zero-order valence-electron chi connectivity index (χ0n) is 13.8. The molecule has 10 nitrogen and oxygen atoms in total. The van der Waals surface area contributed by atoms with Crippen LogP contribution in [0.4, 0.5) is 10.9 Å². The van der Waals surface area contributed by atoms with Crippen LogP contribution >= 0.6 is 23.1 Å². The molecule has 3 rings (SSSR count). The molecular weight excluding hydrogens is 393 g/mol. The van der Waals surface area contributed by atoms with Crippen molar-refractivity contribution in [1.29, 1.82) is 0 Å². The molecule has 0 radical (unpaired) electrons. The van der Waals surface area contributed by atoms with Gasteiger partial charge in [0.25, 0.3) is 11.8 Å². The number of amides is 2. The van der Waals surface area contributed by atoms with E-state index in [1.807, 2.05) is 0 Å². The van der Waals surface area contributed by atoms with Crippen molar-refractivity contribution in [3.63, 3.8) is 0 Å². The van der Waals surface area contributed by atoms with E-state index in [-0.39, 0.29) is 51.8 Å². The van der Waals surface area contributed by atoms with Gasteiger partial charge in [-0.3, -0.25) is 14.5 Å². The van der Waals surface area contributed by atoms with Crippen LogP contribution in [0.5, 0.6) is 0 Å². The zero-order valence-corrected chi connectivity index (χ0v) is 17.5. The summed E-state index contributed by atoms with van der Waals surface area (Å²) in [5.74, 6) is -1.96. The van der Waals surface area contributed by atoms with Gasteiger partial charge in [-0.1, -0.05) is 5.16 Å².